The predicted octanol–water partition coefficient (Wildman–Crippen LogP) is 3.64. The molecule has 3 rings (SSSR count). The molecule has 1 amide bonds. The van der Waals surface area contributed by atoms with Gasteiger partial charge in [-0.25, -0.2) is 8.78 Å². The van der Waals surface area contributed by atoms with E-state index < -0.39 is 5.82 Å². The third kappa shape index (κ3) is 3.56. The van der Waals surface area contributed by atoms with Crippen molar-refractivity contribution >= 4 is 5.91 Å². The van der Waals surface area contributed by atoms with Crippen LogP contribution < -0.4 is 4.74 Å². The van der Waals surface area contributed by atoms with E-state index in [-0.39, 0.29) is 24.0 Å². The third-order valence-electron chi connectivity index (χ3n) is 3.99. The largest absolute Gasteiger partial charge is 0.494 e. The van der Waals surface area contributed by atoms with E-state index in [9.17, 15) is 13.6 Å². The number of benzene rings is 2. The summed E-state index contributed by atoms with van der Waals surface area (Å²) in [6.07, 6.45) is 1.42. The van der Waals surface area contributed by atoms with Crippen LogP contribution in [0.1, 0.15) is 15.9 Å². The molecule has 5 nitrogen and oxygen atoms in total. The van der Waals surface area contributed by atoms with Gasteiger partial charge in [0.1, 0.15) is 5.82 Å². The Kier molecular flexibility index (Phi) is 4.97. The molecule has 0 bridgehead atoms. The summed E-state index contributed by atoms with van der Waals surface area (Å²) in [5.74, 6) is -0.980. The van der Waals surface area contributed by atoms with Gasteiger partial charge in [0, 0.05) is 19.2 Å². The number of carbonyl (C=O) groups excluding carboxylic acids is 1. The highest BCUT2D eigenvalue weighted by Gasteiger charge is 2.19. The van der Waals surface area contributed by atoms with Crippen LogP contribution in [0, 0.1) is 11.6 Å². The number of hydrogen-bond donors (Lipinski definition) is 1. The lowest BCUT2D eigenvalue weighted by molar-refractivity contribution is 0.0785. The molecule has 0 unspecified atom stereocenters. The molecule has 0 atom stereocenters. The SMILES string of the molecule is COc1ccc(CN(C)C(=O)c2cn[nH]c2-c2ccc(F)cc2)cc1F. The maximum absolute atomic E-state index is 13.8. The highest BCUT2D eigenvalue weighted by atomic mass is 19.1. The molecule has 0 aliphatic carbocycles. The lowest BCUT2D eigenvalue weighted by atomic mass is 10.1. The van der Waals surface area contributed by atoms with Crippen LogP contribution in [0.15, 0.2) is 48.7 Å². The number of nitrogens with zero attached hydrogens (tertiary/aromatic N) is 2. The van der Waals surface area contributed by atoms with Crippen molar-refractivity contribution in [2.45, 2.75) is 6.54 Å². The van der Waals surface area contributed by atoms with Gasteiger partial charge >= 0.3 is 0 Å². The fraction of sp³-hybridized carbons (Fsp3) is 0.158. The first kappa shape index (κ1) is 17.6. The number of nitrogens with one attached hydrogen (secondary N) is 1. The number of H-pyrrole nitrogens is 1. The molecule has 7 heteroatoms. The molecular formula is C19H17F2N3O2. The van der Waals surface area contributed by atoms with Crippen LogP contribution in [-0.2, 0) is 6.54 Å². The molecule has 1 N–H and O–H groups in total. The molecule has 3 aromatic rings. The van der Waals surface area contributed by atoms with Crippen molar-refractivity contribution in [2.75, 3.05) is 14.2 Å². The number of carbonyl (C=O) groups is 1. The maximum atomic E-state index is 13.8. The van der Waals surface area contributed by atoms with E-state index in [4.69, 9.17) is 4.74 Å². The summed E-state index contributed by atoms with van der Waals surface area (Å²) >= 11 is 0. The Morgan fingerprint density at radius 2 is 1.92 bits per heavy atom. The first-order chi connectivity index (χ1) is 12.5. The van der Waals surface area contributed by atoms with Gasteiger partial charge in [0.05, 0.1) is 24.6 Å². The van der Waals surface area contributed by atoms with Gasteiger partial charge in [-0.3, -0.25) is 9.89 Å². The van der Waals surface area contributed by atoms with Gasteiger partial charge in [0.25, 0.3) is 5.91 Å². The summed E-state index contributed by atoms with van der Waals surface area (Å²) in [4.78, 5) is 14.2. The second kappa shape index (κ2) is 7.35. The van der Waals surface area contributed by atoms with E-state index in [1.165, 1.54) is 42.5 Å². The smallest absolute Gasteiger partial charge is 0.257 e. The molecule has 26 heavy (non-hydrogen) atoms. The number of amides is 1. The normalized spacial score (nSPS) is 10.6. The van der Waals surface area contributed by atoms with Crippen LogP contribution in [0.3, 0.4) is 0 Å². The third-order valence-corrected chi connectivity index (χ3v) is 3.99. The van der Waals surface area contributed by atoms with Crippen LogP contribution in [-0.4, -0.2) is 35.2 Å². The molecule has 0 aliphatic rings. The topological polar surface area (TPSA) is 58.2 Å². The van der Waals surface area contributed by atoms with E-state index >= 15 is 0 Å². The summed E-state index contributed by atoms with van der Waals surface area (Å²) in [6, 6.07) is 10.3. The van der Waals surface area contributed by atoms with Crippen LogP contribution >= 0.6 is 0 Å². The van der Waals surface area contributed by atoms with Gasteiger partial charge in [-0.15, -0.1) is 0 Å². The number of hydrogen-bond acceptors (Lipinski definition) is 3. The lowest BCUT2D eigenvalue weighted by Gasteiger charge is -2.17. The summed E-state index contributed by atoms with van der Waals surface area (Å²) < 4.78 is 31.8. The average molecular weight is 357 g/mol. The van der Waals surface area contributed by atoms with E-state index in [0.717, 1.165) is 0 Å². The van der Waals surface area contributed by atoms with Gasteiger partial charge in [-0.2, -0.15) is 5.10 Å². The van der Waals surface area contributed by atoms with Crippen molar-refractivity contribution in [1.29, 1.82) is 0 Å². The average Bonchev–Trinajstić information content (AvgIpc) is 3.11. The summed E-state index contributed by atoms with van der Waals surface area (Å²) in [7, 11) is 3.01. The molecule has 0 aliphatic heterocycles. The Bertz CT molecular complexity index is 923. The van der Waals surface area contributed by atoms with Gasteiger partial charge in [-0.1, -0.05) is 6.07 Å². The molecule has 1 aromatic heterocycles. The first-order valence-electron chi connectivity index (χ1n) is 7.86. The maximum Gasteiger partial charge on any atom is 0.257 e. The molecule has 0 radical (unpaired) electrons. The summed E-state index contributed by atoms with van der Waals surface area (Å²) in [5, 5.41) is 6.69. The summed E-state index contributed by atoms with van der Waals surface area (Å²) in [6.45, 7) is 0.216. The van der Waals surface area contributed by atoms with Crippen molar-refractivity contribution in [1.82, 2.24) is 15.1 Å². The zero-order valence-corrected chi connectivity index (χ0v) is 14.3. The standard InChI is InChI=1S/C19H17F2N3O2/c1-24(11-12-3-8-17(26-2)16(21)9-12)19(25)15-10-22-23-18(15)13-4-6-14(20)7-5-13/h3-10H,11H2,1-2H3,(H,22,23). The number of halogens is 2. The number of rotatable bonds is 5. The van der Waals surface area contributed by atoms with Gasteiger partial charge < -0.3 is 9.64 Å². The van der Waals surface area contributed by atoms with E-state index in [1.54, 1.807) is 25.2 Å². The number of methoxy groups -OCH3 is 1. The van der Waals surface area contributed by atoms with Crippen LogP contribution in [0.5, 0.6) is 5.75 Å². The first-order valence-corrected chi connectivity index (χ1v) is 7.86. The molecule has 0 fully saturated rings. The fourth-order valence-electron chi connectivity index (χ4n) is 2.64. The molecule has 0 saturated carbocycles. The van der Waals surface area contributed by atoms with Crippen molar-refractivity contribution in [3.05, 3.63) is 71.4 Å². The van der Waals surface area contributed by atoms with Crippen LogP contribution in [0.25, 0.3) is 11.3 Å². The second-order valence-electron chi connectivity index (χ2n) is 5.80. The minimum Gasteiger partial charge on any atom is -0.494 e. The highest BCUT2D eigenvalue weighted by Crippen LogP contribution is 2.23. The van der Waals surface area contributed by atoms with E-state index in [0.29, 0.717) is 22.4 Å². The lowest BCUT2D eigenvalue weighted by Crippen LogP contribution is -2.26. The van der Waals surface area contributed by atoms with Crippen LogP contribution in [0.4, 0.5) is 8.78 Å². The Morgan fingerprint density at radius 1 is 1.19 bits per heavy atom. The minimum atomic E-state index is -0.485. The second-order valence-corrected chi connectivity index (χ2v) is 5.80. The fourth-order valence-corrected chi connectivity index (χ4v) is 2.64. The predicted molar refractivity (Wildman–Crippen MR) is 92.7 cm³/mol. The number of aromatic nitrogens is 2. The molecule has 134 valence electrons. The quantitative estimate of drug-likeness (QED) is 0.758. The van der Waals surface area contributed by atoms with Crippen molar-refractivity contribution in [2.24, 2.45) is 0 Å². The Morgan fingerprint density at radius 3 is 2.58 bits per heavy atom. The molecule has 0 saturated heterocycles. The number of aromatic amines is 1. The van der Waals surface area contributed by atoms with Gasteiger partial charge in [0.15, 0.2) is 11.6 Å². The van der Waals surface area contributed by atoms with Crippen molar-refractivity contribution in [3.63, 3.8) is 0 Å². The minimum absolute atomic E-state index is 0.149. The van der Waals surface area contributed by atoms with Crippen LogP contribution in [0.2, 0.25) is 0 Å². The zero-order chi connectivity index (χ0) is 18.7. The van der Waals surface area contributed by atoms with Gasteiger partial charge in [-0.05, 0) is 42.0 Å². The molecular weight excluding hydrogens is 340 g/mol. The Hall–Kier alpha value is -3.22. The summed E-state index contributed by atoms with van der Waals surface area (Å²) in [5.41, 5.74) is 2.14. The number of ether oxygens (including phenoxy) is 1. The van der Waals surface area contributed by atoms with E-state index in [1.807, 2.05) is 0 Å². The molecule has 1 heterocycles. The van der Waals surface area contributed by atoms with Crippen molar-refractivity contribution < 1.29 is 18.3 Å². The zero-order valence-electron chi connectivity index (χ0n) is 14.3. The molecule has 2 aromatic carbocycles. The Labute approximate surface area is 149 Å². The highest BCUT2D eigenvalue weighted by molar-refractivity contribution is 5.99. The monoisotopic (exact) mass is 357 g/mol. The van der Waals surface area contributed by atoms with E-state index in [2.05, 4.69) is 10.2 Å². The molecule has 0 spiro atoms. The van der Waals surface area contributed by atoms with Crippen molar-refractivity contribution in [3.8, 4) is 17.0 Å². The Balaban J connectivity index is 1.80. The van der Waals surface area contributed by atoms with Gasteiger partial charge in [0.2, 0.25) is 0 Å².